The molecule has 0 aliphatic carbocycles. The molecule has 0 bridgehead atoms. The maximum Gasteiger partial charge on any atom is 0.0587 e. The Hall–Kier alpha value is -0.0900. The molecule has 0 saturated carbocycles. The standard InChI is InChI=1S/C13H19BrClNO/c1-17-9-8-16-7-3-2-4-11-10-12(15)5-6-13(11)14/h5-6,10,16H,2-4,7-9H2,1H3. The summed E-state index contributed by atoms with van der Waals surface area (Å²) in [5.41, 5.74) is 1.29. The van der Waals surface area contributed by atoms with Crippen molar-refractivity contribution in [2.75, 3.05) is 26.8 Å². The van der Waals surface area contributed by atoms with Gasteiger partial charge < -0.3 is 10.1 Å². The average Bonchev–Trinajstić information content (AvgIpc) is 2.32. The molecule has 0 amide bonds. The molecule has 0 unspecified atom stereocenters. The molecule has 0 saturated heterocycles. The molecule has 0 atom stereocenters. The smallest absolute Gasteiger partial charge is 0.0587 e. The van der Waals surface area contributed by atoms with Gasteiger partial charge in [-0.05, 0) is 49.6 Å². The van der Waals surface area contributed by atoms with E-state index in [0.29, 0.717) is 0 Å². The van der Waals surface area contributed by atoms with Crippen LogP contribution in [-0.4, -0.2) is 26.8 Å². The Labute approximate surface area is 117 Å². The van der Waals surface area contributed by atoms with Gasteiger partial charge in [-0.25, -0.2) is 0 Å². The number of aryl methyl sites for hydroxylation is 1. The highest BCUT2D eigenvalue weighted by molar-refractivity contribution is 9.10. The lowest BCUT2D eigenvalue weighted by Crippen LogP contribution is -2.20. The Kier molecular flexibility index (Phi) is 7.86. The minimum atomic E-state index is 0.778. The zero-order valence-electron chi connectivity index (χ0n) is 10.1. The normalized spacial score (nSPS) is 10.8. The van der Waals surface area contributed by atoms with Gasteiger partial charge in [-0.1, -0.05) is 27.5 Å². The molecule has 0 radical (unpaired) electrons. The average molecular weight is 321 g/mol. The summed E-state index contributed by atoms with van der Waals surface area (Å²) in [7, 11) is 1.72. The first kappa shape index (κ1) is 15.0. The van der Waals surface area contributed by atoms with Crippen LogP contribution in [0.2, 0.25) is 5.02 Å². The van der Waals surface area contributed by atoms with Crippen LogP contribution in [-0.2, 0) is 11.2 Å². The molecule has 17 heavy (non-hydrogen) atoms. The molecule has 0 aromatic heterocycles. The van der Waals surface area contributed by atoms with Crippen molar-refractivity contribution in [1.82, 2.24) is 5.32 Å². The molecular weight excluding hydrogens is 302 g/mol. The topological polar surface area (TPSA) is 21.3 Å². The maximum absolute atomic E-state index is 5.97. The molecular formula is C13H19BrClNO. The van der Waals surface area contributed by atoms with Gasteiger partial charge in [0, 0.05) is 23.1 Å². The Morgan fingerprint density at radius 3 is 2.88 bits per heavy atom. The first-order chi connectivity index (χ1) is 8.24. The third kappa shape index (κ3) is 6.41. The van der Waals surface area contributed by atoms with E-state index in [9.17, 15) is 0 Å². The Morgan fingerprint density at radius 1 is 1.29 bits per heavy atom. The van der Waals surface area contributed by atoms with Gasteiger partial charge in [-0.15, -0.1) is 0 Å². The quantitative estimate of drug-likeness (QED) is 0.738. The Balaban J connectivity index is 2.15. The van der Waals surface area contributed by atoms with Gasteiger partial charge in [0.25, 0.3) is 0 Å². The number of hydrogen-bond acceptors (Lipinski definition) is 2. The molecule has 1 rings (SSSR count). The van der Waals surface area contributed by atoms with Crippen molar-refractivity contribution in [3.8, 4) is 0 Å². The number of rotatable bonds is 8. The van der Waals surface area contributed by atoms with Crippen molar-refractivity contribution in [1.29, 1.82) is 0 Å². The number of ether oxygens (including phenoxy) is 1. The highest BCUT2D eigenvalue weighted by Gasteiger charge is 2.00. The number of nitrogens with one attached hydrogen (secondary N) is 1. The maximum atomic E-state index is 5.97. The summed E-state index contributed by atoms with van der Waals surface area (Å²) >= 11 is 9.51. The lowest BCUT2D eigenvalue weighted by Gasteiger charge is -2.06. The third-order valence-electron chi connectivity index (χ3n) is 2.54. The van der Waals surface area contributed by atoms with E-state index in [1.807, 2.05) is 18.2 Å². The summed E-state index contributed by atoms with van der Waals surface area (Å²) in [4.78, 5) is 0. The zero-order valence-corrected chi connectivity index (χ0v) is 12.5. The van der Waals surface area contributed by atoms with Crippen molar-refractivity contribution < 1.29 is 4.74 Å². The van der Waals surface area contributed by atoms with Gasteiger partial charge in [-0.3, -0.25) is 0 Å². The largest absolute Gasteiger partial charge is 0.383 e. The van der Waals surface area contributed by atoms with Crippen LogP contribution < -0.4 is 5.32 Å². The lowest BCUT2D eigenvalue weighted by molar-refractivity contribution is 0.199. The molecule has 1 aromatic carbocycles. The Morgan fingerprint density at radius 2 is 2.12 bits per heavy atom. The number of methoxy groups -OCH3 is 1. The van der Waals surface area contributed by atoms with E-state index in [1.54, 1.807) is 7.11 Å². The predicted octanol–water partition coefficient (Wildman–Crippen LogP) is 3.66. The van der Waals surface area contributed by atoms with E-state index in [0.717, 1.165) is 35.6 Å². The predicted molar refractivity (Wildman–Crippen MR) is 76.8 cm³/mol. The highest BCUT2D eigenvalue weighted by Crippen LogP contribution is 2.22. The van der Waals surface area contributed by atoms with Crippen LogP contribution in [0.25, 0.3) is 0 Å². The monoisotopic (exact) mass is 319 g/mol. The molecule has 96 valence electrons. The van der Waals surface area contributed by atoms with Crippen LogP contribution in [0.4, 0.5) is 0 Å². The summed E-state index contributed by atoms with van der Waals surface area (Å²) in [6.45, 7) is 2.75. The number of hydrogen-bond donors (Lipinski definition) is 1. The van der Waals surface area contributed by atoms with Crippen LogP contribution in [0.3, 0.4) is 0 Å². The fraction of sp³-hybridized carbons (Fsp3) is 0.538. The third-order valence-corrected chi connectivity index (χ3v) is 3.55. The summed E-state index contributed by atoms with van der Waals surface area (Å²) in [5.74, 6) is 0. The first-order valence-corrected chi connectivity index (χ1v) is 7.04. The van der Waals surface area contributed by atoms with Gasteiger partial charge in [0.05, 0.1) is 6.61 Å². The molecule has 0 aliphatic heterocycles. The molecule has 2 nitrogen and oxygen atoms in total. The molecule has 1 N–H and O–H groups in total. The summed E-state index contributed by atoms with van der Waals surface area (Å²) in [6, 6.07) is 5.94. The minimum absolute atomic E-state index is 0.778. The fourth-order valence-electron chi connectivity index (χ4n) is 1.60. The molecule has 0 fully saturated rings. The first-order valence-electron chi connectivity index (χ1n) is 5.87. The van der Waals surface area contributed by atoms with E-state index >= 15 is 0 Å². The van der Waals surface area contributed by atoms with Crippen molar-refractivity contribution >= 4 is 27.5 Å². The van der Waals surface area contributed by atoms with E-state index < -0.39 is 0 Å². The van der Waals surface area contributed by atoms with Crippen LogP contribution in [0.5, 0.6) is 0 Å². The summed E-state index contributed by atoms with van der Waals surface area (Å²) in [6.07, 6.45) is 3.40. The summed E-state index contributed by atoms with van der Waals surface area (Å²) < 4.78 is 6.11. The second kappa shape index (κ2) is 8.92. The zero-order chi connectivity index (χ0) is 12.5. The summed E-state index contributed by atoms with van der Waals surface area (Å²) in [5, 5.41) is 4.14. The van der Waals surface area contributed by atoms with Crippen LogP contribution in [0.1, 0.15) is 18.4 Å². The van der Waals surface area contributed by atoms with Gasteiger partial charge in [-0.2, -0.15) is 0 Å². The van der Waals surface area contributed by atoms with Gasteiger partial charge in [0.15, 0.2) is 0 Å². The molecule has 4 heteroatoms. The second-order valence-corrected chi connectivity index (χ2v) is 5.23. The highest BCUT2D eigenvalue weighted by atomic mass is 79.9. The van der Waals surface area contributed by atoms with Gasteiger partial charge in [0.1, 0.15) is 0 Å². The number of unbranched alkanes of at least 4 members (excludes halogenated alkanes) is 1. The molecule has 0 heterocycles. The van der Waals surface area contributed by atoms with E-state index in [2.05, 4.69) is 21.2 Å². The molecule has 0 spiro atoms. The fourth-order valence-corrected chi connectivity index (χ4v) is 2.24. The lowest BCUT2D eigenvalue weighted by atomic mass is 10.1. The van der Waals surface area contributed by atoms with E-state index in [-0.39, 0.29) is 0 Å². The van der Waals surface area contributed by atoms with E-state index in [4.69, 9.17) is 16.3 Å². The number of benzene rings is 1. The van der Waals surface area contributed by atoms with Gasteiger partial charge >= 0.3 is 0 Å². The van der Waals surface area contributed by atoms with E-state index in [1.165, 1.54) is 18.4 Å². The van der Waals surface area contributed by atoms with Crippen LogP contribution >= 0.6 is 27.5 Å². The second-order valence-electron chi connectivity index (χ2n) is 3.94. The van der Waals surface area contributed by atoms with Crippen molar-refractivity contribution in [2.45, 2.75) is 19.3 Å². The Bertz CT molecular complexity index is 333. The van der Waals surface area contributed by atoms with Crippen molar-refractivity contribution in [3.63, 3.8) is 0 Å². The van der Waals surface area contributed by atoms with Gasteiger partial charge in [0.2, 0.25) is 0 Å². The van der Waals surface area contributed by atoms with Crippen molar-refractivity contribution in [3.05, 3.63) is 33.3 Å². The molecule has 0 aliphatic rings. The minimum Gasteiger partial charge on any atom is -0.383 e. The van der Waals surface area contributed by atoms with Crippen molar-refractivity contribution in [2.24, 2.45) is 0 Å². The van der Waals surface area contributed by atoms with Crippen LogP contribution in [0, 0.1) is 0 Å². The van der Waals surface area contributed by atoms with Crippen LogP contribution in [0.15, 0.2) is 22.7 Å². The molecule has 1 aromatic rings. The number of halogens is 2. The SMILES string of the molecule is COCCNCCCCc1cc(Cl)ccc1Br.